The molecule has 2 saturated carbocycles. The first kappa shape index (κ1) is 13.4. The van der Waals surface area contributed by atoms with Crippen LogP contribution in [0.25, 0.3) is 0 Å². The van der Waals surface area contributed by atoms with Gasteiger partial charge in [-0.2, -0.15) is 0 Å². The Morgan fingerprint density at radius 1 is 0.810 bits per heavy atom. The fourth-order valence-electron chi connectivity index (χ4n) is 4.44. The minimum absolute atomic E-state index is 0.542. The van der Waals surface area contributed by atoms with Gasteiger partial charge < -0.3 is 14.6 Å². The number of ether oxygens (including phenoxy) is 2. The molecule has 2 fully saturated rings. The zero-order valence-corrected chi connectivity index (χ0v) is 12.6. The predicted molar refractivity (Wildman–Crippen MR) is 80.7 cm³/mol. The number of benzene rings is 1. The maximum absolute atomic E-state index is 11.1. The van der Waals surface area contributed by atoms with Crippen LogP contribution in [-0.2, 0) is 5.60 Å². The highest BCUT2D eigenvalue weighted by molar-refractivity contribution is 5.45. The Labute approximate surface area is 126 Å². The third-order valence-electron chi connectivity index (χ3n) is 5.88. The van der Waals surface area contributed by atoms with Crippen LogP contribution in [-0.4, -0.2) is 18.3 Å². The van der Waals surface area contributed by atoms with Crippen LogP contribution in [0.2, 0.25) is 0 Å². The van der Waals surface area contributed by atoms with Crippen LogP contribution >= 0.6 is 0 Å². The van der Waals surface area contributed by atoms with E-state index in [1.165, 1.54) is 25.7 Å². The Morgan fingerprint density at radius 2 is 1.48 bits per heavy atom. The fourth-order valence-corrected chi connectivity index (χ4v) is 4.44. The molecule has 0 aromatic heterocycles. The molecule has 0 radical (unpaired) electrons. The maximum atomic E-state index is 11.1. The first-order valence-corrected chi connectivity index (χ1v) is 8.32. The summed E-state index contributed by atoms with van der Waals surface area (Å²) >= 11 is 0. The van der Waals surface area contributed by atoms with Crippen molar-refractivity contribution in [1.82, 2.24) is 0 Å². The molecular formula is C18H24O3. The van der Waals surface area contributed by atoms with Crippen LogP contribution < -0.4 is 9.47 Å². The van der Waals surface area contributed by atoms with Gasteiger partial charge in [-0.3, -0.25) is 0 Å². The SMILES string of the molecule is OC1(c2ccc3c(c2)OCCO3)CCC2(CCCC2)CC1. The lowest BCUT2D eigenvalue weighted by molar-refractivity contribution is -0.0378. The summed E-state index contributed by atoms with van der Waals surface area (Å²) in [6.45, 7) is 1.21. The van der Waals surface area contributed by atoms with E-state index in [-0.39, 0.29) is 0 Å². The largest absolute Gasteiger partial charge is 0.486 e. The molecule has 0 amide bonds. The zero-order valence-electron chi connectivity index (χ0n) is 12.6. The second-order valence-electron chi connectivity index (χ2n) is 7.10. The van der Waals surface area contributed by atoms with Crippen molar-refractivity contribution in [3.05, 3.63) is 23.8 Å². The van der Waals surface area contributed by atoms with Crippen molar-refractivity contribution in [2.45, 2.75) is 57.0 Å². The monoisotopic (exact) mass is 288 g/mol. The Kier molecular flexibility index (Phi) is 3.14. The zero-order chi connectivity index (χ0) is 14.3. The molecule has 1 aliphatic heterocycles. The molecule has 3 nitrogen and oxygen atoms in total. The minimum atomic E-state index is -0.677. The topological polar surface area (TPSA) is 38.7 Å². The van der Waals surface area contributed by atoms with Gasteiger partial charge in [0.15, 0.2) is 11.5 Å². The second kappa shape index (κ2) is 4.91. The summed E-state index contributed by atoms with van der Waals surface area (Å²) in [5, 5.41) is 11.1. The number of aliphatic hydroxyl groups is 1. The molecule has 0 atom stereocenters. The van der Waals surface area contributed by atoms with E-state index in [0.29, 0.717) is 18.6 Å². The van der Waals surface area contributed by atoms with Gasteiger partial charge in [0, 0.05) is 0 Å². The Morgan fingerprint density at radius 3 is 2.19 bits per heavy atom. The highest BCUT2D eigenvalue weighted by atomic mass is 16.6. The van der Waals surface area contributed by atoms with E-state index < -0.39 is 5.60 Å². The van der Waals surface area contributed by atoms with Gasteiger partial charge in [-0.05, 0) is 61.6 Å². The lowest BCUT2D eigenvalue weighted by atomic mass is 9.66. The quantitative estimate of drug-likeness (QED) is 0.854. The summed E-state index contributed by atoms with van der Waals surface area (Å²) < 4.78 is 11.2. The first-order valence-electron chi connectivity index (χ1n) is 8.32. The summed E-state index contributed by atoms with van der Waals surface area (Å²) in [5.74, 6) is 1.59. The van der Waals surface area contributed by atoms with Crippen LogP contribution in [0.1, 0.15) is 56.9 Å². The van der Waals surface area contributed by atoms with Crippen molar-refractivity contribution >= 4 is 0 Å². The molecule has 21 heavy (non-hydrogen) atoms. The minimum Gasteiger partial charge on any atom is -0.486 e. The molecule has 0 saturated heterocycles. The van der Waals surface area contributed by atoms with Gasteiger partial charge in [0.05, 0.1) is 5.60 Å². The van der Waals surface area contributed by atoms with Gasteiger partial charge in [-0.25, -0.2) is 0 Å². The molecule has 0 unspecified atom stereocenters. The summed E-state index contributed by atoms with van der Waals surface area (Å²) in [4.78, 5) is 0. The van der Waals surface area contributed by atoms with Crippen LogP contribution in [0.4, 0.5) is 0 Å². The predicted octanol–water partition coefficient (Wildman–Crippen LogP) is 3.78. The molecule has 4 rings (SSSR count). The molecule has 2 aliphatic carbocycles. The van der Waals surface area contributed by atoms with Gasteiger partial charge in [-0.1, -0.05) is 18.9 Å². The van der Waals surface area contributed by atoms with Crippen molar-refractivity contribution in [2.24, 2.45) is 5.41 Å². The summed E-state index contributed by atoms with van der Waals surface area (Å²) in [6.07, 6.45) is 9.58. The van der Waals surface area contributed by atoms with E-state index >= 15 is 0 Å². The van der Waals surface area contributed by atoms with Gasteiger partial charge in [-0.15, -0.1) is 0 Å². The first-order chi connectivity index (χ1) is 10.2. The van der Waals surface area contributed by atoms with Gasteiger partial charge >= 0.3 is 0 Å². The Hall–Kier alpha value is -1.22. The van der Waals surface area contributed by atoms with Crippen molar-refractivity contribution < 1.29 is 14.6 Å². The highest BCUT2D eigenvalue weighted by Gasteiger charge is 2.44. The van der Waals surface area contributed by atoms with Crippen molar-refractivity contribution in [3.63, 3.8) is 0 Å². The molecule has 1 heterocycles. The lowest BCUT2D eigenvalue weighted by Crippen LogP contribution is -2.36. The molecule has 3 heteroatoms. The van der Waals surface area contributed by atoms with Gasteiger partial charge in [0.1, 0.15) is 13.2 Å². The van der Waals surface area contributed by atoms with Crippen LogP contribution in [0.5, 0.6) is 11.5 Å². The van der Waals surface area contributed by atoms with Crippen molar-refractivity contribution in [1.29, 1.82) is 0 Å². The maximum Gasteiger partial charge on any atom is 0.161 e. The second-order valence-corrected chi connectivity index (χ2v) is 7.10. The van der Waals surface area contributed by atoms with E-state index in [1.54, 1.807) is 0 Å². The number of hydrogen-bond donors (Lipinski definition) is 1. The molecule has 114 valence electrons. The number of fused-ring (bicyclic) bond motifs is 1. The summed E-state index contributed by atoms with van der Waals surface area (Å²) in [5.41, 5.74) is 0.864. The molecule has 1 spiro atoms. The Bertz CT molecular complexity index is 521. The van der Waals surface area contributed by atoms with Crippen molar-refractivity contribution in [2.75, 3.05) is 13.2 Å². The van der Waals surface area contributed by atoms with Crippen LogP contribution in [0, 0.1) is 5.41 Å². The summed E-state index contributed by atoms with van der Waals surface area (Å²) in [7, 11) is 0. The molecule has 0 bridgehead atoms. The molecule has 1 N–H and O–H groups in total. The fraction of sp³-hybridized carbons (Fsp3) is 0.667. The van der Waals surface area contributed by atoms with Crippen molar-refractivity contribution in [3.8, 4) is 11.5 Å². The standard InChI is InChI=1S/C18H24O3/c19-18(9-7-17(8-10-18)5-1-2-6-17)14-3-4-15-16(13-14)21-12-11-20-15/h3-4,13,19H,1-2,5-12H2. The van der Waals surface area contributed by atoms with E-state index in [1.807, 2.05) is 18.2 Å². The van der Waals surface area contributed by atoms with Crippen LogP contribution in [0.3, 0.4) is 0 Å². The third kappa shape index (κ3) is 2.32. The van der Waals surface area contributed by atoms with Crippen LogP contribution in [0.15, 0.2) is 18.2 Å². The average Bonchev–Trinajstić information content (AvgIpc) is 2.99. The van der Waals surface area contributed by atoms with E-state index in [0.717, 1.165) is 42.7 Å². The average molecular weight is 288 g/mol. The molecule has 3 aliphatic rings. The van der Waals surface area contributed by atoms with E-state index in [2.05, 4.69) is 0 Å². The molecule has 1 aromatic rings. The lowest BCUT2D eigenvalue weighted by Gasteiger charge is -2.42. The smallest absolute Gasteiger partial charge is 0.161 e. The highest BCUT2D eigenvalue weighted by Crippen LogP contribution is 2.54. The Balaban J connectivity index is 1.55. The third-order valence-corrected chi connectivity index (χ3v) is 5.88. The molecular weight excluding hydrogens is 264 g/mol. The summed E-state index contributed by atoms with van der Waals surface area (Å²) in [6, 6.07) is 5.95. The van der Waals surface area contributed by atoms with Gasteiger partial charge in [0.25, 0.3) is 0 Å². The normalized spacial score (nSPS) is 26.0. The number of hydrogen-bond acceptors (Lipinski definition) is 3. The van der Waals surface area contributed by atoms with Gasteiger partial charge in [0.2, 0.25) is 0 Å². The van der Waals surface area contributed by atoms with E-state index in [9.17, 15) is 5.11 Å². The number of rotatable bonds is 1. The molecule has 1 aromatic carbocycles. The van der Waals surface area contributed by atoms with E-state index in [4.69, 9.17) is 9.47 Å².